The Labute approximate surface area is 220 Å². The number of hydrogen-bond donors (Lipinski definition) is 1. The van der Waals surface area contributed by atoms with Crippen LogP contribution in [0, 0.1) is 5.82 Å². The van der Waals surface area contributed by atoms with E-state index < -0.39 is 41.9 Å². The van der Waals surface area contributed by atoms with Gasteiger partial charge in [-0.25, -0.2) is 4.39 Å². The van der Waals surface area contributed by atoms with Crippen molar-refractivity contribution in [1.29, 1.82) is 0 Å². The van der Waals surface area contributed by atoms with E-state index in [4.69, 9.17) is 0 Å². The number of rotatable bonds is 9. The number of carbonyl (C=O) groups excluding carboxylic acids is 4. The van der Waals surface area contributed by atoms with Gasteiger partial charge in [-0.2, -0.15) is 0 Å². The van der Waals surface area contributed by atoms with Crippen molar-refractivity contribution >= 4 is 40.6 Å². The maximum atomic E-state index is 13.7. The van der Waals surface area contributed by atoms with Crippen molar-refractivity contribution in [3.8, 4) is 0 Å². The second-order valence-corrected chi connectivity index (χ2v) is 9.24. The van der Waals surface area contributed by atoms with Crippen LogP contribution in [0.2, 0.25) is 0 Å². The number of ketones is 1. The topological polar surface area (TPSA) is 90.0 Å². The average Bonchev–Trinajstić information content (AvgIpc) is 3.14. The molecule has 1 heterocycles. The number of Topliss-reactive ketones (excluding diaryl/α,β-unsaturated/α-hetero) is 1. The first-order valence-corrected chi connectivity index (χ1v) is 12.3. The first-order valence-electron chi connectivity index (χ1n) is 12.3. The van der Waals surface area contributed by atoms with Crippen molar-refractivity contribution in [3.63, 3.8) is 0 Å². The lowest BCUT2D eigenvalue weighted by Gasteiger charge is -2.32. The number of fused-ring (bicyclic) bond motifs is 1. The van der Waals surface area contributed by atoms with Gasteiger partial charge in [-0.05, 0) is 60.5 Å². The summed E-state index contributed by atoms with van der Waals surface area (Å²) in [5, 5.41) is 2.87. The highest BCUT2D eigenvalue weighted by Gasteiger charge is 2.38. The summed E-state index contributed by atoms with van der Waals surface area (Å²) >= 11 is 0. The molecule has 3 aromatic rings. The van der Waals surface area contributed by atoms with Crippen LogP contribution in [-0.2, 0) is 20.9 Å². The first kappa shape index (κ1) is 26.5. The van der Waals surface area contributed by atoms with Gasteiger partial charge < -0.3 is 15.1 Å². The zero-order valence-corrected chi connectivity index (χ0v) is 21.5. The highest BCUT2D eigenvalue weighted by atomic mass is 19.1. The molecule has 0 spiro atoms. The van der Waals surface area contributed by atoms with E-state index in [1.165, 1.54) is 17.0 Å². The van der Waals surface area contributed by atoms with Gasteiger partial charge in [-0.3, -0.25) is 24.1 Å². The smallest absolute Gasteiger partial charge is 0.299 e. The lowest BCUT2D eigenvalue weighted by molar-refractivity contribution is -0.138. The third kappa shape index (κ3) is 5.56. The van der Waals surface area contributed by atoms with Crippen molar-refractivity contribution in [3.05, 3.63) is 89.7 Å². The zero-order valence-electron chi connectivity index (χ0n) is 21.5. The van der Waals surface area contributed by atoms with Crippen LogP contribution < -0.4 is 15.1 Å². The van der Waals surface area contributed by atoms with Crippen molar-refractivity contribution in [2.24, 2.45) is 0 Å². The van der Waals surface area contributed by atoms with Gasteiger partial charge in [0.1, 0.15) is 18.4 Å². The normalized spacial score (nSPS) is 13.2. The fraction of sp³-hybridized carbons (Fsp3) is 0.241. The van der Waals surface area contributed by atoms with E-state index >= 15 is 0 Å². The summed E-state index contributed by atoms with van der Waals surface area (Å²) in [4.78, 5) is 56.6. The SMILES string of the molecule is CCC(C(=O)Nc1ccc(N(C)C)cc1)N(Cc1ccc(F)cc1)C(=O)CN1C(=O)C(=O)c2ccccc21. The van der Waals surface area contributed by atoms with Gasteiger partial charge in [0.25, 0.3) is 11.7 Å². The summed E-state index contributed by atoms with van der Waals surface area (Å²) < 4.78 is 13.5. The van der Waals surface area contributed by atoms with Crippen molar-refractivity contribution in [2.75, 3.05) is 35.8 Å². The predicted molar refractivity (Wildman–Crippen MR) is 144 cm³/mol. The van der Waals surface area contributed by atoms with Crippen LogP contribution in [-0.4, -0.2) is 55.1 Å². The molecule has 0 radical (unpaired) electrons. The number of nitrogens with one attached hydrogen (secondary N) is 1. The van der Waals surface area contributed by atoms with E-state index in [0.717, 1.165) is 10.6 Å². The Morgan fingerprint density at radius 3 is 2.24 bits per heavy atom. The highest BCUT2D eigenvalue weighted by molar-refractivity contribution is 6.52. The molecular weight excluding hydrogens is 487 g/mol. The molecule has 1 aliphatic heterocycles. The summed E-state index contributed by atoms with van der Waals surface area (Å²) in [5.74, 6) is -2.80. The maximum Gasteiger partial charge on any atom is 0.299 e. The van der Waals surface area contributed by atoms with Gasteiger partial charge in [-0.15, -0.1) is 0 Å². The Hall–Kier alpha value is -4.53. The third-order valence-electron chi connectivity index (χ3n) is 6.48. The Morgan fingerprint density at radius 1 is 0.947 bits per heavy atom. The summed E-state index contributed by atoms with van der Waals surface area (Å²) in [5.41, 5.74) is 2.75. The van der Waals surface area contributed by atoms with Gasteiger partial charge >= 0.3 is 0 Å². The largest absolute Gasteiger partial charge is 0.378 e. The zero-order chi connectivity index (χ0) is 27.4. The lowest BCUT2D eigenvalue weighted by Crippen LogP contribution is -2.50. The van der Waals surface area contributed by atoms with Crippen molar-refractivity contribution < 1.29 is 23.6 Å². The molecule has 0 fully saturated rings. The molecule has 3 amide bonds. The standard InChI is InChI=1S/C29H29FN4O4/c1-4-24(28(37)31-21-13-15-22(16-14-21)32(2)3)33(17-19-9-11-20(30)12-10-19)26(35)18-34-25-8-6-5-7-23(25)27(36)29(34)38/h5-16,24H,4,17-18H2,1-3H3,(H,31,37). The molecule has 0 aliphatic carbocycles. The highest BCUT2D eigenvalue weighted by Crippen LogP contribution is 2.29. The number of hydrogen-bond acceptors (Lipinski definition) is 5. The average molecular weight is 517 g/mol. The molecule has 0 bridgehead atoms. The fourth-order valence-electron chi connectivity index (χ4n) is 4.41. The minimum absolute atomic E-state index is 0.0161. The second kappa shape index (κ2) is 11.2. The number of anilines is 3. The summed E-state index contributed by atoms with van der Waals surface area (Å²) in [7, 11) is 3.83. The van der Waals surface area contributed by atoms with Crippen LogP contribution in [0.25, 0.3) is 0 Å². The van der Waals surface area contributed by atoms with Crippen molar-refractivity contribution in [2.45, 2.75) is 25.9 Å². The minimum Gasteiger partial charge on any atom is -0.378 e. The number of halogens is 1. The van der Waals surface area contributed by atoms with Crippen LogP contribution in [0.1, 0.15) is 29.3 Å². The minimum atomic E-state index is -0.885. The Balaban J connectivity index is 1.60. The van der Waals surface area contributed by atoms with E-state index in [9.17, 15) is 23.6 Å². The fourth-order valence-corrected chi connectivity index (χ4v) is 4.41. The van der Waals surface area contributed by atoms with Gasteiger partial charge in [0, 0.05) is 32.0 Å². The van der Waals surface area contributed by atoms with Crippen LogP contribution in [0.5, 0.6) is 0 Å². The van der Waals surface area contributed by atoms with Gasteiger partial charge in [-0.1, -0.05) is 31.2 Å². The molecule has 0 saturated carbocycles. The molecule has 196 valence electrons. The van der Waals surface area contributed by atoms with Crippen LogP contribution >= 0.6 is 0 Å². The first-order chi connectivity index (χ1) is 18.2. The number of carbonyl (C=O) groups is 4. The molecule has 9 heteroatoms. The second-order valence-electron chi connectivity index (χ2n) is 9.24. The van der Waals surface area contributed by atoms with E-state index in [1.54, 1.807) is 55.5 Å². The Bertz CT molecular complexity index is 1360. The number of para-hydroxylation sites is 1. The van der Waals surface area contributed by atoms with E-state index in [2.05, 4.69) is 5.32 Å². The third-order valence-corrected chi connectivity index (χ3v) is 6.48. The van der Waals surface area contributed by atoms with Gasteiger partial charge in [0.15, 0.2) is 0 Å². The summed E-state index contributed by atoms with van der Waals surface area (Å²) in [6, 6.07) is 18.5. The van der Waals surface area contributed by atoms with E-state index in [-0.39, 0.29) is 18.5 Å². The summed E-state index contributed by atoms with van der Waals surface area (Å²) in [6.07, 6.45) is 0.290. The molecule has 38 heavy (non-hydrogen) atoms. The number of benzene rings is 3. The van der Waals surface area contributed by atoms with Crippen LogP contribution in [0.4, 0.5) is 21.5 Å². The quantitative estimate of drug-likeness (QED) is 0.436. The molecule has 1 atom stereocenters. The van der Waals surface area contributed by atoms with Crippen LogP contribution in [0.3, 0.4) is 0 Å². The number of amides is 3. The van der Waals surface area contributed by atoms with Gasteiger partial charge in [0.2, 0.25) is 11.8 Å². The van der Waals surface area contributed by atoms with E-state index in [1.807, 2.05) is 31.1 Å². The van der Waals surface area contributed by atoms with Gasteiger partial charge in [0.05, 0.1) is 11.3 Å². The molecule has 1 aliphatic rings. The molecule has 1 unspecified atom stereocenters. The Kier molecular flexibility index (Phi) is 7.85. The molecule has 1 N–H and O–H groups in total. The lowest BCUT2D eigenvalue weighted by atomic mass is 10.1. The molecule has 0 saturated heterocycles. The maximum absolute atomic E-state index is 13.7. The van der Waals surface area contributed by atoms with E-state index in [0.29, 0.717) is 16.9 Å². The monoisotopic (exact) mass is 516 g/mol. The van der Waals surface area contributed by atoms with Crippen LogP contribution in [0.15, 0.2) is 72.8 Å². The predicted octanol–water partition coefficient (Wildman–Crippen LogP) is 3.87. The molecule has 3 aromatic carbocycles. The summed E-state index contributed by atoms with van der Waals surface area (Å²) in [6.45, 7) is 1.39. The number of nitrogens with zero attached hydrogens (tertiary/aromatic N) is 3. The molecule has 8 nitrogen and oxygen atoms in total. The molecule has 4 rings (SSSR count). The van der Waals surface area contributed by atoms with Crippen molar-refractivity contribution in [1.82, 2.24) is 4.90 Å². The Morgan fingerprint density at radius 2 is 1.61 bits per heavy atom. The molecule has 0 aromatic heterocycles. The molecular formula is C29H29FN4O4.